The molecule has 0 aliphatic carbocycles. The second-order valence-corrected chi connectivity index (χ2v) is 9.01. The fraction of sp³-hybridized carbons (Fsp3) is 0.0714. The van der Waals surface area contributed by atoms with Crippen LogP contribution in [0.25, 0.3) is 33.2 Å². The van der Waals surface area contributed by atoms with E-state index < -0.39 is 0 Å². The molecule has 6 rings (SSSR count). The lowest BCUT2D eigenvalue weighted by Gasteiger charge is -2.10. The molecule has 1 amide bonds. The number of hydrogen-bond donors (Lipinski definition) is 2. The number of aromatic amines is 1. The summed E-state index contributed by atoms with van der Waals surface area (Å²) in [6.07, 6.45) is 0. The van der Waals surface area contributed by atoms with Crippen LogP contribution in [-0.4, -0.2) is 31.1 Å². The summed E-state index contributed by atoms with van der Waals surface area (Å²) in [7, 11) is 0. The summed E-state index contributed by atoms with van der Waals surface area (Å²) in [4.78, 5) is 12.6. The van der Waals surface area contributed by atoms with Gasteiger partial charge in [0.15, 0.2) is 0 Å². The van der Waals surface area contributed by atoms with E-state index in [0.717, 1.165) is 38.5 Å². The lowest BCUT2D eigenvalue weighted by atomic mass is 10.1. The van der Waals surface area contributed by atoms with Crippen LogP contribution < -0.4 is 5.32 Å². The van der Waals surface area contributed by atoms with Gasteiger partial charge >= 0.3 is 0 Å². The second kappa shape index (κ2) is 9.28. The number of benzene rings is 4. The van der Waals surface area contributed by atoms with Crippen LogP contribution in [0.5, 0.6) is 0 Å². The van der Waals surface area contributed by atoms with Crippen molar-refractivity contribution < 1.29 is 4.79 Å². The van der Waals surface area contributed by atoms with Crippen molar-refractivity contribution in [3.63, 3.8) is 0 Å². The summed E-state index contributed by atoms with van der Waals surface area (Å²) in [6, 6.07) is 29.8. The third-order valence-corrected chi connectivity index (χ3v) is 6.55. The highest BCUT2D eigenvalue weighted by molar-refractivity contribution is 6.30. The number of nitrogens with one attached hydrogen (secondary N) is 2. The number of H-pyrrole nitrogens is 1. The van der Waals surface area contributed by atoms with E-state index in [9.17, 15) is 4.79 Å². The number of aromatic nitrogens is 5. The SMILES string of the molecule is O=C(NCc1ccc(Cl)cc1)c1ccc(Cn2c3ccccc3c3cc(-c4nn[nH]n4)ccc32)cc1. The molecule has 7 nitrogen and oxygen atoms in total. The Hall–Kier alpha value is -4.49. The van der Waals surface area contributed by atoms with Gasteiger partial charge in [0, 0.05) is 51.0 Å². The number of halogens is 1. The first-order valence-electron chi connectivity index (χ1n) is 11.5. The van der Waals surface area contributed by atoms with Gasteiger partial charge in [-0.05, 0) is 64.9 Å². The van der Waals surface area contributed by atoms with Crippen molar-refractivity contribution in [2.45, 2.75) is 13.1 Å². The van der Waals surface area contributed by atoms with Gasteiger partial charge in [-0.2, -0.15) is 5.21 Å². The molecule has 0 bridgehead atoms. The lowest BCUT2D eigenvalue weighted by Crippen LogP contribution is -2.22. The Morgan fingerprint density at radius 3 is 2.39 bits per heavy atom. The molecule has 0 radical (unpaired) electrons. The Kier molecular flexibility index (Phi) is 5.67. The second-order valence-electron chi connectivity index (χ2n) is 8.58. The summed E-state index contributed by atoms with van der Waals surface area (Å²) in [5, 5.41) is 20.3. The molecule has 176 valence electrons. The molecule has 8 heteroatoms. The molecule has 0 fully saturated rings. The van der Waals surface area contributed by atoms with Gasteiger partial charge in [-0.3, -0.25) is 4.79 Å². The van der Waals surface area contributed by atoms with Crippen molar-refractivity contribution in [2.24, 2.45) is 0 Å². The zero-order chi connectivity index (χ0) is 24.5. The van der Waals surface area contributed by atoms with Crippen LogP contribution in [-0.2, 0) is 13.1 Å². The maximum Gasteiger partial charge on any atom is 0.251 e. The molecular weight excluding hydrogens is 472 g/mol. The molecule has 6 aromatic rings. The molecule has 4 aromatic carbocycles. The topological polar surface area (TPSA) is 88.5 Å². The van der Waals surface area contributed by atoms with Crippen LogP contribution in [0, 0.1) is 0 Å². The van der Waals surface area contributed by atoms with Gasteiger partial charge in [0.25, 0.3) is 5.91 Å². The molecule has 0 atom stereocenters. The number of nitrogens with zero attached hydrogens (tertiary/aromatic N) is 4. The van der Waals surface area contributed by atoms with Crippen LogP contribution >= 0.6 is 11.6 Å². The molecule has 0 spiro atoms. The van der Waals surface area contributed by atoms with Crippen LogP contribution in [0.3, 0.4) is 0 Å². The Bertz CT molecular complexity index is 1670. The molecule has 0 saturated carbocycles. The van der Waals surface area contributed by atoms with Crippen molar-refractivity contribution in [2.75, 3.05) is 0 Å². The van der Waals surface area contributed by atoms with Crippen LogP contribution in [0.1, 0.15) is 21.5 Å². The van der Waals surface area contributed by atoms with Crippen LogP contribution in [0.15, 0.2) is 91.0 Å². The first-order valence-corrected chi connectivity index (χ1v) is 11.9. The van der Waals surface area contributed by atoms with Crippen molar-refractivity contribution in [3.05, 3.63) is 113 Å². The van der Waals surface area contributed by atoms with Crippen LogP contribution in [0.4, 0.5) is 0 Å². The summed E-state index contributed by atoms with van der Waals surface area (Å²) in [6.45, 7) is 1.13. The Balaban J connectivity index is 1.25. The fourth-order valence-corrected chi connectivity index (χ4v) is 4.60. The average Bonchev–Trinajstić information content (AvgIpc) is 3.56. The predicted octanol–water partition coefficient (Wildman–Crippen LogP) is 5.61. The predicted molar refractivity (Wildman–Crippen MR) is 141 cm³/mol. The van der Waals surface area contributed by atoms with Crippen molar-refractivity contribution >= 4 is 39.3 Å². The van der Waals surface area contributed by atoms with E-state index in [4.69, 9.17) is 11.6 Å². The van der Waals surface area contributed by atoms with Crippen molar-refractivity contribution in [1.29, 1.82) is 0 Å². The minimum atomic E-state index is -0.109. The molecular formula is C28H21ClN6O. The number of amides is 1. The molecule has 36 heavy (non-hydrogen) atoms. The van der Waals surface area contributed by atoms with Crippen molar-refractivity contribution in [3.8, 4) is 11.4 Å². The minimum absolute atomic E-state index is 0.109. The number of carbonyl (C=O) groups is 1. The Morgan fingerprint density at radius 2 is 1.61 bits per heavy atom. The minimum Gasteiger partial charge on any atom is -0.348 e. The van der Waals surface area contributed by atoms with Crippen molar-refractivity contribution in [1.82, 2.24) is 30.5 Å². The quantitative estimate of drug-likeness (QED) is 0.316. The monoisotopic (exact) mass is 492 g/mol. The number of rotatable bonds is 6. The third kappa shape index (κ3) is 4.21. The van der Waals surface area contributed by atoms with Gasteiger partial charge < -0.3 is 9.88 Å². The standard InChI is InChI=1S/C28H21ClN6O/c29-22-12-7-18(8-13-22)16-30-28(36)20-9-5-19(6-10-20)17-35-25-4-2-1-3-23(25)24-15-21(11-14-26(24)35)27-31-33-34-32-27/h1-15H,16-17H2,(H,30,36)(H,31,32,33,34). The highest BCUT2D eigenvalue weighted by Gasteiger charge is 2.14. The van der Waals surface area contributed by atoms with E-state index in [1.54, 1.807) is 0 Å². The third-order valence-electron chi connectivity index (χ3n) is 6.30. The summed E-state index contributed by atoms with van der Waals surface area (Å²) >= 11 is 5.93. The largest absolute Gasteiger partial charge is 0.348 e. The van der Waals surface area contributed by atoms with E-state index >= 15 is 0 Å². The highest BCUT2D eigenvalue weighted by atomic mass is 35.5. The fourth-order valence-electron chi connectivity index (χ4n) is 4.48. The first-order chi connectivity index (χ1) is 17.7. The number of tetrazole rings is 1. The smallest absolute Gasteiger partial charge is 0.251 e. The average molecular weight is 493 g/mol. The Labute approximate surface area is 211 Å². The van der Waals surface area contributed by atoms with E-state index in [0.29, 0.717) is 29.5 Å². The lowest BCUT2D eigenvalue weighted by molar-refractivity contribution is 0.0951. The van der Waals surface area contributed by atoms with E-state index in [1.807, 2.05) is 66.7 Å². The number of para-hydroxylation sites is 1. The number of hydrogen-bond acceptors (Lipinski definition) is 4. The van der Waals surface area contributed by atoms with Gasteiger partial charge in [0.2, 0.25) is 5.82 Å². The molecule has 0 aliphatic heterocycles. The summed E-state index contributed by atoms with van der Waals surface area (Å²) in [5.74, 6) is 0.459. The molecule has 0 aliphatic rings. The van der Waals surface area contributed by atoms with Crippen LogP contribution in [0.2, 0.25) is 5.02 Å². The Morgan fingerprint density at radius 1 is 0.861 bits per heavy atom. The van der Waals surface area contributed by atoms with E-state index in [-0.39, 0.29) is 5.91 Å². The summed E-state index contributed by atoms with van der Waals surface area (Å²) < 4.78 is 2.29. The highest BCUT2D eigenvalue weighted by Crippen LogP contribution is 2.32. The summed E-state index contributed by atoms with van der Waals surface area (Å²) in [5.41, 5.74) is 5.90. The van der Waals surface area contributed by atoms with Gasteiger partial charge in [0.05, 0.1) is 0 Å². The molecule has 2 aromatic heterocycles. The van der Waals surface area contributed by atoms with E-state index in [2.05, 4.69) is 54.8 Å². The molecule has 2 N–H and O–H groups in total. The van der Waals surface area contributed by atoms with Gasteiger partial charge in [-0.1, -0.05) is 54.1 Å². The molecule has 0 unspecified atom stereocenters. The van der Waals surface area contributed by atoms with E-state index in [1.165, 1.54) is 0 Å². The molecule has 2 heterocycles. The first kappa shape index (κ1) is 22.0. The zero-order valence-electron chi connectivity index (χ0n) is 19.1. The van der Waals surface area contributed by atoms with Gasteiger partial charge in [-0.25, -0.2) is 0 Å². The zero-order valence-corrected chi connectivity index (χ0v) is 19.9. The van der Waals surface area contributed by atoms with Gasteiger partial charge in [-0.15, -0.1) is 10.2 Å². The maximum atomic E-state index is 12.6. The number of carbonyl (C=O) groups excluding carboxylic acids is 1. The maximum absolute atomic E-state index is 12.6. The normalized spacial score (nSPS) is 11.2. The van der Waals surface area contributed by atoms with Gasteiger partial charge in [0.1, 0.15) is 0 Å². The number of fused-ring (bicyclic) bond motifs is 3. The molecule has 0 saturated heterocycles.